The van der Waals surface area contributed by atoms with Gasteiger partial charge in [0.15, 0.2) is 0 Å². The molecule has 0 spiro atoms. The molecule has 2 N–H and O–H groups in total. The Morgan fingerprint density at radius 2 is 1.28 bits per heavy atom. The summed E-state index contributed by atoms with van der Waals surface area (Å²) in [7, 11) is 0. The molecule has 170 valence electrons. The minimum absolute atomic E-state index is 0.170. The fraction of sp³-hybridized carbons (Fsp3) is 0.500. The van der Waals surface area contributed by atoms with Gasteiger partial charge in [-0.05, 0) is 101 Å². The van der Waals surface area contributed by atoms with E-state index in [1.807, 2.05) is 23.5 Å². The molecule has 2 aromatic carbocycles. The van der Waals surface area contributed by atoms with E-state index in [1.165, 1.54) is 51.6 Å². The smallest absolute Gasteiger partial charge is 0.0482 e. The van der Waals surface area contributed by atoms with Crippen LogP contribution in [0, 0.1) is 5.41 Å². The molecule has 0 atom stereocenters. The average Bonchev–Trinajstić information content (AvgIpc) is 2.74. The van der Waals surface area contributed by atoms with Crippen LogP contribution in [0.3, 0.4) is 0 Å². The Kier molecular flexibility index (Phi) is 5.82. The summed E-state index contributed by atoms with van der Waals surface area (Å²) in [6.07, 6.45) is 10.8. The average molecular weight is 465 g/mol. The molecule has 2 aliphatic heterocycles. The zero-order chi connectivity index (χ0) is 22.4. The molecule has 2 aromatic rings. The summed E-state index contributed by atoms with van der Waals surface area (Å²) < 4.78 is 0. The van der Waals surface area contributed by atoms with Crippen LogP contribution >= 0.6 is 23.5 Å². The van der Waals surface area contributed by atoms with Crippen molar-refractivity contribution in [3.8, 4) is 0 Å². The van der Waals surface area contributed by atoms with Gasteiger partial charge in [-0.3, -0.25) is 0 Å². The highest BCUT2D eigenvalue weighted by Gasteiger charge is 2.33. The van der Waals surface area contributed by atoms with Crippen molar-refractivity contribution < 1.29 is 0 Å². The van der Waals surface area contributed by atoms with E-state index in [4.69, 9.17) is 0 Å². The Morgan fingerprint density at radius 1 is 0.750 bits per heavy atom. The number of nitrogens with one attached hydrogen (secondary N) is 2. The largest absolute Gasteiger partial charge is 0.378 e. The van der Waals surface area contributed by atoms with Gasteiger partial charge in [0, 0.05) is 43.7 Å². The van der Waals surface area contributed by atoms with Crippen molar-refractivity contribution in [2.24, 2.45) is 5.41 Å². The second-order valence-corrected chi connectivity index (χ2v) is 13.4. The first-order valence-corrected chi connectivity index (χ1v) is 13.9. The first-order valence-electron chi connectivity index (χ1n) is 11.9. The fourth-order valence-electron chi connectivity index (χ4n) is 5.31. The van der Waals surface area contributed by atoms with E-state index in [1.54, 1.807) is 0 Å². The highest BCUT2D eigenvalue weighted by Crippen LogP contribution is 2.44. The molecule has 0 radical (unpaired) electrons. The third kappa shape index (κ3) is 4.87. The van der Waals surface area contributed by atoms with E-state index in [9.17, 15) is 0 Å². The molecule has 0 amide bonds. The van der Waals surface area contributed by atoms with E-state index in [0.717, 1.165) is 24.3 Å². The number of thioether (sulfide) groups is 2. The van der Waals surface area contributed by atoms with Gasteiger partial charge < -0.3 is 10.6 Å². The summed E-state index contributed by atoms with van der Waals surface area (Å²) in [4.78, 5) is 2.84. The third-order valence-corrected chi connectivity index (χ3v) is 9.96. The standard InChI is InChI=1S/C28H36N2S2/c1-26(2)18-31-24-14-20(8-10-22(24)29-26)16-28(12-6-5-7-13-28)17-21-9-11-23-25(15-21)32-19-27(3,4)30-23/h5-6,8-11,14-15,29-30H,7,12-13,16-19H2,1-4H3. The molecule has 0 fully saturated rings. The van der Waals surface area contributed by atoms with Crippen molar-refractivity contribution in [3.63, 3.8) is 0 Å². The van der Waals surface area contributed by atoms with Crippen LogP contribution in [0.15, 0.2) is 58.3 Å². The number of allylic oxidation sites excluding steroid dienone is 2. The van der Waals surface area contributed by atoms with Crippen LogP contribution in [-0.4, -0.2) is 22.6 Å². The number of benzene rings is 2. The zero-order valence-corrected chi connectivity index (χ0v) is 21.5. The Balaban J connectivity index is 1.38. The summed E-state index contributed by atoms with van der Waals surface area (Å²) in [5.41, 5.74) is 6.23. The lowest BCUT2D eigenvalue weighted by molar-refractivity contribution is 0.252. The van der Waals surface area contributed by atoms with Gasteiger partial charge in [0.05, 0.1) is 0 Å². The molecule has 5 rings (SSSR count). The number of fused-ring (bicyclic) bond motifs is 2. The topological polar surface area (TPSA) is 24.1 Å². The van der Waals surface area contributed by atoms with Gasteiger partial charge in [0.2, 0.25) is 0 Å². The molecular weight excluding hydrogens is 428 g/mol. The lowest BCUT2D eigenvalue weighted by atomic mass is 9.69. The van der Waals surface area contributed by atoms with Gasteiger partial charge in [0.1, 0.15) is 0 Å². The Hall–Kier alpha value is -1.52. The molecule has 2 heterocycles. The maximum absolute atomic E-state index is 3.71. The minimum Gasteiger partial charge on any atom is -0.378 e. The van der Waals surface area contributed by atoms with Gasteiger partial charge in [-0.25, -0.2) is 0 Å². The lowest BCUT2D eigenvalue weighted by Crippen LogP contribution is -2.36. The molecule has 0 unspecified atom stereocenters. The van der Waals surface area contributed by atoms with Gasteiger partial charge in [-0.15, -0.1) is 23.5 Å². The highest BCUT2D eigenvalue weighted by atomic mass is 32.2. The van der Waals surface area contributed by atoms with Crippen LogP contribution in [0.25, 0.3) is 0 Å². The van der Waals surface area contributed by atoms with Gasteiger partial charge in [0.25, 0.3) is 0 Å². The second-order valence-electron chi connectivity index (χ2n) is 11.3. The Bertz CT molecular complexity index is 966. The second kappa shape index (κ2) is 8.36. The van der Waals surface area contributed by atoms with Crippen LogP contribution in [0.4, 0.5) is 11.4 Å². The molecule has 2 nitrogen and oxygen atoms in total. The van der Waals surface area contributed by atoms with Crippen LogP contribution in [-0.2, 0) is 12.8 Å². The Morgan fingerprint density at radius 3 is 1.75 bits per heavy atom. The number of hydrogen-bond acceptors (Lipinski definition) is 4. The predicted octanol–water partition coefficient (Wildman–Crippen LogP) is 7.79. The molecule has 32 heavy (non-hydrogen) atoms. The van der Waals surface area contributed by atoms with Crippen molar-refractivity contribution in [3.05, 3.63) is 59.7 Å². The number of hydrogen-bond donors (Lipinski definition) is 2. The predicted molar refractivity (Wildman–Crippen MR) is 143 cm³/mol. The summed E-state index contributed by atoms with van der Waals surface area (Å²) in [5.74, 6) is 2.24. The van der Waals surface area contributed by atoms with E-state index in [0.29, 0.717) is 5.41 Å². The molecular formula is C28H36N2S2. The minimum atomic E-state index is 0.170. The van der Waals surface area contributed by atoms with Crippen LogP contribution in [0.1, 0.15) is 58.1 Å². The van der Waals surface area contributed by atoms with E-state index < -0.39 is 0 Å². The molecule has 4 heteroatoms. The fourth-order valence-corrected chi connectivity index (χ4v) is 7.50. The van der Waals surface area contributed by atoms with E-state index in [-0.39, 0.29) is 11.1 Å². The van der Waals surface area contributed by atoms with E-state index in [2.05, 4.69) is 86.9 Å². The Labute approximate surface area is 202 Å². The summed E-state index contributed by atoms with van der Waals surface area (Å²) >= 11 is 4.01. The highest BCUT2D eigenvalue weighted by molar-refractivity contribution is 7.99. The first kappa shape index (κ1) is 22.3. The molecule has 0 saturated carbocycles. The molecule has 3 aliphatic rings. The number of anilines is 2. The normalized spacial score (nSPS) is 22.2. The van der Waals surface area contributed by atoms with Crippen LogP contribution in [0.5, 0.6) is 0 Å². The van der Waals surface area contributed by atoms with Crippen LogP contribution in [0.2, 0.25) is 0 Å². The monoisotopic (exact) mass is 464 g/mol. The zero-order valence-electron chi connectivity index (χ0n) is 19.9. The molecule has 1 aliphatic carbocycles. The van der Waals surface area contributed by atoms with Gasteiger partial charge in [-0.2, -0.15) is 0 Å². The maximum atomic E-state index is 3.71. The molecule has 0 bridgehead atoms. The maximum Gasteiger partial charge on any atom is 0.0482 e. The van der Waals surface area contributed by atoms with Crippen molar-refractivity contribution in [2.75, 3.05) is 22.1 Å². The SMILES string of the molecule is CC1(C)CSc2cc(CC3(Cc4ccc5c(c4)SCC(C)(C)N5)CC=CCC3)ccc2N1. The first-order chi connectivity index (χ1) is 15.2. The lowest BCUT2D eigenvalue weighted by Gasteiger charge is -2.37. The van der Waals surface area contributed by atoms with Crippen molar-refractivity contribution in [1.29, 1.82) is 0 Å². The summed E-state index contributed by atoms with van der Waals surface area (Å²) in [5, 5.41) is 7.42. The van der Waals surface area contributed by atoms with Crippen LogP contribution < -0.4 is 10.6 Å². The van der Waals surface area contributed by atoms with Crippen molar-refractivity contribution in [1.82, 2.24) is 0 Å². The summed E-state index contributed by atoms with van der Waals surface area (Å²) in [6, 6.07) is 14.3. The summed E-state index contributed by atoms with van der Waals surface area (Å²) in [6.45, 7) is 9.14. The molecule has 0 saturated heterocycles. The number of rotatable bonds is 4. The molecule has 0 aromatic heterocycles. The van der Waals surface area contributed by atoms with Gasteiger partial charge >= 0.3 is 0 Å². The van der Waals surface area contributed by atoms with Crippen molar-refractivity contribution >= 4 is 34.9 Å². The third-order valence-electron chi connectivity index (χ3n) is 6.93. The quantitative estimate of drug-likeness (QED) is 0.451. The van der Waals surface area contributed by atoms with Gasteiger partial charge in [-0.1, -0.05) is 24.3 Å². The van der Waals surface area contributed by atoms with Crippen molar-refractivity contribution in [2.45, 2.75) is 80.7 Å². The van der Waals surface area contributed by atoms with E-state index >= 15 is 0 Å².